The number of halogens is 2. The number of aryl methyl sites for hydroxylation is 1. The number of aliphatic hydroxyl groups excluding tert-OH is 1. The number of nitrogens with zero attached hydrogens (tertiary/aromatic N) is 2. The van der Waals surface area contributed by atoms with Gasteiger partial charge < -0.3 is 9.84 Å². The van der Waals surface area contributed by atoms with Crippen LogP contribution >= 0.6 is 0 Å². The quantitative estimate of drug-likeness (QED) is 0.886. The molecule has 0 fully saturated rings. The Labute approximate surface area is 134 Å². The fraction of sp³-hybridized carbons (Fsp3) is 0.412. The lowest BCUT2D eigenvalue weighted by Crippen LogP contribution is -2.10. The van der Waals surface area contributed by atoms with Gasteiger partial charge in [0.1, 0.15) is 12.4 Å². The topological polar surface area (TPSA) is 55.2 Å². The summed E-state index contributed by atoms with van der Waals surface area (Å²) >= 11 is 0. The van der Waals surface area contributed by atoms with Crippen molar-refractivity contribution >= 4 is 0 Å². The maximum Gasteiger partial charge on any atom is 0.220 e. The van der Waals surface area contributed by atoms with Gasteiger partial charge in [-0.25, -0.2) is 13.8 Å². The molecule has 0 bridgehead atoms. The smallest absolute Gasteiger partial charge is 0.220 e. The molecule has 1 aromatic heterocycles. The summed E-state index contributed by atoms with van der Waals surface area (Å²) in [7, 11) is 0. The second kappa shape index (κ2) is 7.46. The van der Waals surface area contributed by atoms with Crippen LogP contribution in [0.3, 0.4) is 0 Å². The van der Waals surface area contributed by atoms with Crippen molar-refractivity contribution in [3.8, 4) is 5.88 Å². The highest BCUT2D eigenvalue weighted by atomic mass is 19.2. The van der Waals surface area contributed by atoms with Crippen LogP contribution in [0.25, 0.3) is 0 Å². The van der Waals surface area contributed by atoms with E-state index in [4.69, 9.17) is 4.74 Å². The molecule has 2 aromatic rings. The van der Waals surface area contributed by atoms with Crippen molar-refractivity contribution in [2.24, 2.45) is 0 Å². The maximum atomic E-state index is 13.2. The summed E-state index contributed by atoms with van der Waals surface area (Å²) in [5, 5.41) is 9.20. The first-order chi connectivity index (χ1) is 10.9. The molecule has 0 aliphatic heterocycles. The van der Waals surface area contributed by atoms with E-state index in [0.29, 0.717) is 23.7 Å². The lowest BCUT2D eigenvalue weighted by atomic mass is 10.1. The summed E-state index contributed by atoms with van der Waals surface area (Å²) in [4.78, 5) is 8.82. The molecule has 0 atom stereocenters. The van der Waals surface area contributed by atoms with Gasteiger partial charge in [-0.2, -0.15) is 4.98 Å². The second-order valence-electron chi connectivity index (χ2n) is 5.62. The second-order valence-corrected chi connectivity index (χ2v) is 5.62. The minimum atomic E-state index is -0.914. The Bertz CT molecular complexity index is 691. The lowest BCUT2D eigenvalue weighted by molar-refractivity contribution is 0.273. The third-order valence-electron chi connectivity index (χ3n) is 3.43. The highest BCUT2D eigenvalue weighted by Crippen LogP contribution is 2.23. The van der Waals surface area contributed by atoms with Crippen LogP contribution < -0.4 is 4.74 Å². The van der Waals surface area contributed by atoms with Gasteiger partial charge in [0.15, 0.2) is 11.6 Å². The van der Waals surface area contributed by atoms with Crippen molar-refractivity contribution in [1.82, 2.24) is 9.97 Å². The normalized spacial score (nSPS) is 11.1. The van der Waals surface area contributed by atoms with Gasteiger partial charge in [-0.1, -0.05) is 19.9 Å². The van der Waals surface area contributed by atoms with Crippen molar-refractivity contribution in [1.29, 1.82) is 0 Å². The van der Waals surface area contributed by atoms with E-state index in [1.54, 1.807) is 0 Å². The Morgan fingerprint density at radius 2 is 1.91 bits per heavy atom. The molecule has 2 rings (SSSR count). The zero-order chi connectivity index (χ0) is 17.0. The van der Waals surface area contributed by atoms with Crippen LogP contribution in [0.2, 0.25) is 0 Å². The van der Waals surface area contributed by atoms with Gasteiger partial charge in [0.05, 0.1) is 0 Å². The molecule has 1 N–H and O–H groups in total. The van der Waals surface area contributed by atoms with Gasteiger partial charge in [-0.3, -0.25) is 0 Å². The highest BCUT2D eigenvalue weighted by Gasteiger charge is 2.15. The Morgan fingerprint density at radius 1 is 1.17 bits per heavy atom. The molecule has 1 aromatic carbocycles. The molecule has 1 heterocycles. The molecule has 4 nitrogen and oxygen atoms in total. The molecule has 0 radical (unpaired) electrons. The van der Waals surface area contributed by atoms with Gasteiger partial charge in [-0.15, -0.1) is 0 Å². The van der Waals surface area contributed by atoms with E-state index in [1.165, 1.54) is 6.07 Å². The fourth-order valence-electron chi connectivity index (χ4n) is 2.15. The number of benzene rings is 1. The predicted octanol–water partition coefficient (Wildman–Crippen LogP) is 3.30. The van der Waals surface area contributed by atoms with Crippen LogP contribution in [0.1, 0.15) is 42.4 Å². The molecule has 0 unspecified atom stereocenters. The molecule has 0 spiro atoms. The largest absolute Gasteiger partial charge is 0.473 e. The molecule has 0 saturated heterocycles. The minimum absolute atomic E-state index is 0.0488. The van der Waals surface area contributed by atoms with E-state index in [2.05, 4.69) is 9.97 Å². The van der Waals surface area contributed by atoms with E-state index in [1.807, 2.05) is 20.8 Å². The summed E-state index contributed by atoms with van der Waals surface area (Å²) in [5.74, 6) is -0.662. The maximum absolute atomic E-state index is 13.2. The van der Waals surface area contributed by atoms with Gasteiger partial charge >= 0.3 is 0 Å². The zero-order valence-electron chi connectivity index (χ0n) is 13.4. The van der Waals surface area contributed by atoms with E-state index in [9.17, 15) is 13.9 Å². The number of aromatic nitrogens is 2. The molecule has 0 aliphatic carbocycles. The monoisotopic (exact) mass is 322 g/mol. The number of hydrogen-bond donors (Lipinski definition) is 1. The van der Waals surface area contributed by atoms with Gasteiger partial charge in [0, 0.05) is 30.2 Å². The lowest BCUT2D eigenvalue weighted by Gasteiger charge is -2.15. The summed E-state index contributed by atoms with van der Waals surface area (Å²) in [6, 6.07) is 3.62. The third kappa shape index (κ3) is 4.22. The zero-order valence-corrected chi connectivity index (χ0v) is 13.4. The molecular formula is C17H20F2N2O2. The average Bonchev–Trinajstić information content (AvgIpc) is 2.50. The Balaban J connectivity index is 2.27. The first kappa shape index (κ1) is 17.3. The SMILES string of the molecule is Cc1nc(C(C)C)nc(OCc2ccc(F)c(F)c2)c1CCO. The van der Waals surface area contributed by atoms with Crippen LogP contribution in [0.5, 0.6) is 5.88 Å². The summed E-state index contributed by atoms with van der Waals surface area (Å²) < 4.78 is 31.9. The molecule has 0 saturated carbocycles. The number of aliphatic hydroxyl groups is 1. The first-order valence-electron chi connectivity index (χ1n) is 7.47. The Hall–Kier alpha value is -2.08. The van der Waals surface area contributed by atoms with Crippen molar-refractivity contribution in [3.63, 3.8) is 0 Å². The molecule has 0 aliphatic rings. The van der Waals surface area contributed by atoms with Crippen LogP contribution in [-0.2, 0) is 13.0 Å². The molecular weight excluding hydrogens is 302 g/mol. The van der Waals surface area contributed by atoms with Crippen LogP contribution in [0.4, 0.5) is 8.78 Å². The van der Waals surface area contributed by atoms with Gasteiger partial charge in [0.2, 0.25) is 5.88 Å². The van der Waals surface area contributed by atoms with Crippen molar-refractivity contribution < 1.29 is 18.6 Å². The van der Waals surface area contributed by atoms with Gasteiger partial charge in [0.25, 0.3) is 0 Å². The Morgan fingerprint density at radius 3 is 2.52 bits per heavy atom. The van der Waals surface area contributed by atoms with E-state index < -0.39 is 11.6 Å². The minimum Gasteiger partial charge on any atom is -0.473 e. The molecule has 6 heteroatoms. The summed E-state index contributed by atoms with van der Waals surface area (Å²) in [6.45, 7) is 5.79. The van der Waals surface area contributed by atoms with E-state index >= 15 is 0 Å². The number of hydrogen-bond acceptors (Lipinski definition) is 4. The van der Waals surface area contributed by atoms with E-state index in [-0.39, 0.29) is 19.1 Å². The van der Waals surface area contributed by atoms with E-state index in [0.717, 1.165) is 23.4 Å². The third-order valence-corrected chi connectivity index (χ3v) is 3.43. The van der Waals surface area contributed by atoms with Gasteiger partial charge in [-0.05, 0) is 24.6 Å². The first-order valence-corrected chi connectivity index (χ1v) is 7.47. The average molecular weight is 322 g/mol. The number of ether oxygens (including phenoxy) is 1. The van der Waals surface area contributed by atoms with Crippen LogP contribution in [0.15, 0.2) is 18.2 Å². The summed E-state index contributed by atoms with van der Waals surface area (Å²) in [5.41, 5.74) is 1.97. The van der Waals surface area contributed by atoms with Crippen molar-refractivity contribution in [2.45, 2.75) is 39.7 Å². The molecule has 0 amide bonds. The fourth-order valence-corrected chi connectivity index (χ4v) is 2.15. The van der Waals surface area contributed by atoms with Crippen molar-refractivity contribution in [2.75, 3.05) is 6.61 Å². The Kier molecular flexibility index (Phi) is 5.60. The van der Waals surface area contributed by atoms with Crippen LogP contribution in [0, 0.1) is 18.6 Å². The predicted molar refractivity (Wildman–Crippen MR) is 82.3 cm³/mol. The standard InChI is InChI=1S/C17H20F2N2O2/c1-10(2)16-20-11(3)13(6-7-22)17(21-16)23-9-12-4-5-14(18)15(19)8-12/h4-5,8,10,22H,6-7,9H2,1-3H3. The highest BCUT2D eigenvalue weighted by molar-refractivity contribution is 5.31. The van der Waals surface area contributed by atoms with Crippen LogP contribution in [-0.4, -0.2) is 21.7 Å². The molecule has 23 heavy (non-hydrogen) atoms. The molecule has 124 valence electrons. The summed E-state index contributed by atoms with van der Waals surface area (Å²) in [6.07, 6.45) is 0.372. The number of rotatable bonds is 6. The van der Waals surface area contributed by atoms with Crippen molar-refractivity contribution in [3.05, 3.63) is 52.5 Å².